The van der Waals surface area contributed by atoms with Gasteiger partial charge in [-0.05, 0) is 48.7 Å². The normalized spacial score (nSPS) is 12.3. The van der Waals surface area contributed by atoms with Gasteiger partial charge >= 0.3 is 0 Å². The molecule has 0 radical (unpaired) electrons. The van der Waals surface area contributed by atoms with Gasteiger partial charge in [-0.25, -0.2) is 4.98 Å². The fourth-order valence-electron chi connectivity index (χ4n) is 4.71. The van der Waals surface area contributed by atoms with E-state index in [2.05, 4.69) is 60.2 Å². The minimum absolute atomic E-state index is 0.0668. The number of amides is 1. The Morgan fingerprint density at radius 2 is 1.72 bits per heavy atom. The highest BCUT2D eigenvalue weighted by molar-refractivity contribution is 5.95. The van der Waals surface area contributed by atoms with Gasteiger partial charge in [-0.2, -0.15) is 0 Å². The quantitative estimate of drug-likeness (QED) is 0.326. The number of carbonyl (C=O) groups is 1. The van der Waals surface area contributed by atoms with Crippen LogP contribution in [0.15, 0.2) is 72.9 Å². The average molecular weight is 482 g/mol. The number of hydrogen-bond acceptors (Lipinski definition) is 4. The van der Waals surface area contributed by atoms with Gasteiger partial charge in [0.2, 0.25) is 0 Å². The maximum Gasteiger partial charge on any atom is 0.254 e. The fraction of sp³-hybridized carbons (Fsp3) is 0.267. The van der Waals surface area contributed by atoms with E-state index in [4.69, 9.17) is 14.5 Å². The van der Waals surface area contributed by atoms with Crippen molar-refractivity contribution in [2.24, 2.45) is 0 Å². The Morgan fingerprint density at radius 1 is 0.944 bits per heavy atom. The van der Waals surface area contributed by atoms with Crippen molar-refractivity contribution in [3.05, 3.63) is 101 Å². The number of nitrogens with zero attached hydrogens (tertiary/aromatic N) is 3. The van der Waals surface area contributed by atoms with Crippen LogP contribution >= 0.6 is 0 Å². The summed E-state index contributed by atoms with van der Waals surface area (Å²) in [6.45, 7) is 4.07. The molecule has 0 N–H and O–H groups in total. The topological polar surface area (TPSA) is 56.6 Å². The molecule has 36 heavy (non-hydrogen) atoms. The molecule has 184 valence electrons. The van der Waals surface area contributed by atoms with Crippen molar-refractivity contribution in [2.75, 3.05) is 14.2 Å². The summed E-state index contributed by atoms with van der Waals surface area (Å²) in [7, 11) is 3.16. The second-order valence-corrected chi connectivity index (χ2v) is 9.26. The lowest BCUT2D eigenvalue weighted by atomic mass is 10.1. The molecule has 0 atom stereocenters. The third-order valence-electron chi connectivity index (χ3n) is 6.67. The zero-order valence-electron chi connectivity index (χ0n) is 21.0. The van der Waals surface area contributed by atoms with E-state index in [1.54, 1.807) is 32.4 Å². The van der Waals surface area contributed by atoms with E-state index in [1.165, 1.54) is 5.56 Å². The zero-order chi connectivity index (χ0) is 25.1. The van der Waals surface area contributed by atoms with Crippen LogP contribution in [0.1, 0.15) is 39.3 Å². The van der Waals surface area contributed by atoms with E-state index in [9.17, 15) is 4.79 Å². The van der Waals surface area contributed by atoms with Gasteiger partial charge in [0.05, 0.1) is 19.9 Å². The summed E-state index contributed by atoms with van der Waals surface area (Å²) in [6.07, 6.45) is 4.33. The first-order valence-electron chi connectivity index (χ1n) is 12.3. The summed E-state index contributed by atoms with van der Waals surface area (Å²) < 4.78 is 13.0. The number of imidazole rings is 1. The van der Waals surface area contributed by atoms with Crippen LogP contribution in [0.3, 0.4) is 0 Å². The summed E-state index contributed by atoms with van der Waals surface area (Å²) in [5.74, 6) is 2.22. The average Bonchev–Trinajstić information content (AvgIpc) is 3.52. The van der Waals surface area contributed by atoms with Crippen molar-refractivity contribution in [1.82, 2.24) is 14.5 Å². The predicted molar refractivity (Wildman–Crippen MR) is 140 cm³/mol. The first-order valence-corrected chi connectivity index (χ1v) is 12.3. The summed E-state index contributed by atoms with van der Waals surface area (Å²) in [6, 6.07) is 21.9. The maximum atomic E-state index is 13.8. The van der Waals surface area contributed by atoms with Gasteiger partial charge in [-0.15, -0.1) is 0 Å². The molecule has 0 saturated heterocycles. The molecule has 3 aromatic carbocycles. The number of aryl methyl sites for hydroxylation is 3. The van der Waals surface area contributed by atoms with Gasteiger partial charge < -0.3 is 18.9 Å². The molecule has 5 rings (SSSR count). The third-order valence-corrected chi connectivity index (χ3v) is 6.67. The number of fused-ring (bicyclic) bond motifs is 1. The number of rotatable bonds is 8. The lowest BCUT2D eigenvalue weighted by Gasteiger charge is -2.24. The van der Waals surface area contributed by atoms with Crippen LogP contribution in [0, 0.1) is 6.92 Å². The zero-order valence-corrected chi connectivity index (χ0v) is 21.0. The Balaban J connectivity index is 1.44. The van der Waals surface area contributed by atoms with Crippen molar-refractivity contribution >= 4 is 5.91 Å². The van der Waals surface area contributed by atoms with E-state index in [1.807, 2.05) is 11.0 Å². The number of carbonyl (C=O) groups excluding carboxylic acids is 1. The molecule has 1 amide bonds. The Morgan fingerprint density at radius 3 is 2.47 bits per heavy atom. The first kappa shape index (κ1) is 23.7. The standard InChI is InChI=1S/C30H31N3O3/c1-21-9-11-22(12-10-21)18-33(30(34)25-13-14-27(35-2)28(17-25)36-3)19-23-6-4-7-24(16-23)26-20-32-15-5-8-29(32)31-26/h4,6-7,9-14,16-17,20H,5,8,15,18-19H2,1-3H3. The molecule has 1 aliphatic heterocycles. The van der Waals surface area contributed by atoms with Gasteiger partial charge in [0.25, 0.3) is 5.91 Å². The monoisotopic (exact) mass is 481 g/mol. The van der Waals surface area contributed by atoms with Crippen LogP contribution in [0.5, 0.6) is 11.5 Å². The minimum Gasteiger partial charge on any atom is -0.493 e. The molecule has 0 aliphatic carbocycles. The molecule has 6 nitrogen and oxygen atoms in total. The van der Waals surface area contributed by atoms with Crippen molar-refractivity contribution in [3.63, 3.8) is 0 Å². The number of hydrogen-bond donors (Lipinski definition) is 0. The Kier molecular flexibility index (Phi) is 6.76. The molecule has 6 heteroatoms. The SMILES string of the molecule is COc1ccc(C(=O)N(Cc2ccc(C)cc2)Cc2cccc(-c3cn4c(n3)CCC4)c2)cc1OC. The Hall–Kier alpha value is -4.06. The Bertz CT molecular complexity index is 1350. The highest BCUT2D eigenvalue weighted by Crippen LogP contribution is 2.29. The second-order valence-electron chi connectivity index (χ2n) is 9.26. The van der Waals surface area contributed by atoms with E-state index in [-0.39, 0.29) is 5.91 Å². The van der Waals surface area contributed by atoms with Crippen LogP contribution < -0.4 is 9.47 Å². The van der Waals surface area contributed by atoms with Gasteiger partial charge in [0, 0.05) is 43.4 Å². The second kappa shape index (κ2) is 10.3. The first-order chi connectivity index (χ1) is 17.5. The summed E-state index contributed by atoms with van der Waals surface area (Å²) in [5.41, 5.74) is 5.95. The van der Waals surface area contributed by atoms with Crippen molar-refractivity contribution in [1.29, 1.82) is 0 Å². The molecule has 0 spiro atoms. The molecule has 2 heterocycles. The van der Waals surface area contributed by atoms with Crippen LogP contribution in [-0.4, -0.2) is 34.6 Å². The van der Waals surface area contributed by atoms with E-state index < -0.39 is 0 Å². The molecule has 0 bridgehead atoms. The van der Waals surface area contributed by atoms with Gasteiger partial charge in [-0.3, -0.25) is 4.79 Å². The largest absolute Gasteiger partial charge is 0.493 e. The summed E-state index contributed by atoms with van der Waals surface area (Å²) in [5, 5.41) is 0. The van der Waals surface area contributed by atoms with Gasteiger partial charge in [-0.1, -0.05) is 48.0 Å². The highest BCUT2D eigenvalue weighted by atomic mass is 16.5. The molecular formula is C30H31N3O3. The molecule has 1 aliphatic rings. The van der Waals surface area contributed by atoms with Crippen LogP contribution in [0.25, 0.3) is 11.3 Å². The molecule has 4 aromatic rings. The lowest BCUT2D eigenvalue weighted by molar-refractivity contribution is 0.0729. The van der Waals surface area contributed by atoms with E-state index >= 15 is 0 Å². The van der Waals surface area contributed by atoms with Gasteiger partial charge in [0.1, 0.15) is 5.82 Å². The molecule has 0 saturated carbocycles. The number of benzene rings is 3. The van der Waals surface area contributed by atoms with Gasteiger partial charge in [0.15, 0.2) is 11.5 Å². The van der Waals surface area contributed by atoms with E-state index in [0.29, 0.717) is 30.2 Å². The number of methoxy groups -OCH3 is 2. The Labute approximate surface area is 212 Å². The smallest absolute Gasteiger partial charge is 0.254 e. The highest BCUT2D eigenvalue weighted by Gasteiger charge is 2.20. The molecule has 1 aromatic heterocycles. The van der Waals surface area contributed by atoms with Crippen molar-refractivity contribution in [3.8, 4) is 22.8 Å². The van der Waals surface area contributed by atoms with Crippen LogP contribution in [0.4, 0.5) is 0 Å². The minimum atomic E-state index is -0.0668. The third kappa shape index (κ3) is 4.98. The molecule has 0 unspecified atom stereocenters. The summed E-state index contributed by atoms with van der Waals surface area (Å²) in [4.78, 5) is 20.5. The lowest BCUT2D eigenvalue weighted by Crippen LogP contribution is -2.30. The molecule has 0 fully saturated rings. The number of aromatic nitrogens is 2. The van der Waals surface area contributed by atoms with Crippen molar-refractivity contribution < 1.29 is 14.3 Å². The van der Waals surface area contributed by atoms with Crippen molar-refractivity contribution in [2.45, 2.75) is 39.4 Å². The maximum absolute atomic E-state index is 13.8. The summed E-state index contributed by atoms with van der Waals surface area (Å²) >= 11 is 0. The van der Waals surface area contributed by atoms with Crippen LogP contribution in [-0.2, 0) is 26.1 Å². The number of ether oxygens (including phenoxy) is 2. The van der Waals surface area contributed by atoms with Crippen LogP contribution in [0.2, 0.25) is 0 Å². The fourth-order valence-corrected chi connectivity index (χ4v) is 4.71. The predicted octanol–water partition coefficient (Wildman–Crippen LogP) is 5.66. The van der Waals surface area contributed by atoms with E-state index in [0.717, 1.165) is 47.6 Å². The molecular weight excluding hydrogens is 450 g/mol.